The standard InChI is InChI=1S/C7H11ClO2/c1-10-7(9)6(8)5-3-2-4-5/h5-6H,2-4H2,1H3. The third kappa shape index (κ3) is 1.43. The van der Waals surface area contributed by atoms with Gasteiger partial charge < -0.3 is 4.74 Å². The quantitative estimate of drug-likeness (QED) is 0.455. The molecule has 1 aliphatic rings. The van der Waals surface area contributed by atoms with Crippen LogP contribution in [0.5, 0.6) is 0 Å². The van der Waals surface area contributed by atoms with Gasteiger partial charge in [-0.2, -0.15) is 0 Å². The van der Waals surface area contributed by atoms with Crippen LogP contribution in [-0.2, 0) is 9.53 Å². The SMILES string of the molecule is COC(=O)C(Cl)C1CCC1. The summed E-state index contributed by atoms with van der Waals surface area (Å²) in [6.07, 6.45) is 3.34. The first-order chi connectivity index (χ1) is 4.75. The molecule has 0 bridgehead atoms. The Kier molecular flexibility index (Phi) is 2.55. The Morgan fingerprint density at radius 1 is 1.70 bits per heavy atom. The summed E-state index contributed by atoms with van der Waals surface area (Å²) in [5, 5.41) is -0.404. The number of halogens is 1. The summed E-state index contributed by atoms with van der Waals surface area (Å²) in [6, 6.07) is 0. The van der Waals surface area contributed by atoms with Crippen LogP contribution in [0.1, 0.15) is 19.3 Å². The summed E-state index contributed by atoms with van der Waals surface area (Å²) in [5.74, 6) is 0.0838. The van der Waals surface area contributed by atoms with Crippen LogP contribution in [0.3, 0.4) is 0 Å². The van der Waals surface area contributed by atoms with Crippen molar-refractivity contribution in [3.63, 3.8) is 0 Å². The van der Waals surface area contributed by atoms with Crippen LogP contribution in [0.15, 0.2) is 0 Å². The van der Waals surface area contributed by atoms with Crippen molar-refractivity contribution in [2.75, 3.05) is 7.11 Å². The molecular formula is C7H11ClO2. The van der Waals surface area contributed by atoms with Crippen LogP contribution in [-0.4, -0.2) is 18.5 Å². The van der Waals surface area contributed by atoms with E-state index >= 15 is 0 Å². The lowest BCUT2D eigenvalue weighted by molar-refractivity contribution is -0.141. The second-order valence-corrected chi connectivity index (χ2v) is 3.09. The molecule has 3 heteroatoms. The first kappa shape index (κ1) is 7.86. The lowest BCUT2D eigenvalue weighted by Crippen LogP contribution is -2.30. The number of rotatable bonds is 2. The van der Waals surface area contributed by atoms with Crippen molar-refractivity contribution in [2.45, 2.75) is 24.6 Å². The molecule has 58 valence electrons. The minimum Gasteiger partial charge on any atom is -0.468 e. The van der Waals surface area contributed by atoms with Gasteiger partial charge >= 0.3 is 5.97 Å². The molecule has 1 fully saturated rings. The smallest absolute Gasteiger partial charge is 0.324 e. The normalized spacial score (nSPS) is 21.4. The Morgan fingerprint density at radius 3 is 2.60 bits per heavy atom. The van der Waals surface area contributed by atoms with Crippen molar-refractivity contribution in [2.24, 2.45) is 5.92 Å². The highest BCUT2D eigenvalue weighted by Crippen LogP contribution is 2.32. The monoisotopic (exact) mass is 162 g/mol. The molecule has 2 nitrogen and oxygen atoms in total. The Morgan fingerprint density at radius 2 is 2.30 bits per heavy atom. The van der Waals surface area contributed by atoms with Gasteiger partial charge in [0.15, 0.2) is 0 Å². The molecule has 10 heavy (non-hydrogen) atoms. The summed E-state index contributed by atoms with van der Waals surface area (Å²) in [4.78, 5) is 10.8. The van der Waals surface area contributed by atoms with E-state index in [4.69, 9.17) is 11.6 Å². The van der Waals surface area contributed by atoms with Gasteiger partial charge in [-0.3, -0.25) is 4.79 Å². The van der Waals surface area contributed by atoms with Gasteiger partial charge in [0.2, 0.25) is 0 Å². The molecule has 1 atom stereocenters. The number of hydrogen-bond donors (Lipinski definition) is 0. The Labute approximate surface area is 65.5 Å². The zero-order chi connectivity index (χ0) is 7.56. The second kappa shape index (κ2) is 3.24. The van der Waals surface area contributed by atoms with Gasteiger partial charge in [-0.25, -0.2) is 0 Å². The van der Waals surface area contributed by atoms with E-state index in [0.717, 1.165) is 12.8 Å². The third-order valence-corrected chi connectivity index (χ3v) is 2.52. The molecule has 1 aliphatic carbocycles. The molecule has 1 rings (SSSR count). The van der Waals surface area contributed by atoms with E-state index in [1.165, 1.54) is 13.5 Å². The topological polar surface area (TPSA) is 26.3 Å². The van der Waals surface area contributed by atoms with Crippen molar-refractivity contribution < 1.29 is 9.53 Å². The lowest BCUT2D eigenvalue weighted by atomic mass is 9.83. The largest absolute Gasteiger partial charge is 0.468 e. The average Bonchev–Trinajstić information content (AvgIpc) is 1.82. The van der Waals surface area contributed by atoms with Crippen molar-refractivity contribution in [3.8, 4) is 0 Å². The van der Waals surface area contributed by atoms with E-state index in [1.807, 2.05) is 0 Å². The maximum Gasteiger partial charge on any atom is 0.324 e. The number of methoxy groups -OCH3 is 1. The maximum atomic E-state index is 10.8. The third-order valence-electron chi connectivity index (χ3n) is 1.99. The molecule has 0 aliphatic heterocycles. The molecule has 0 heterocycles. The van der Waals surface area contributed by atoms with E-state index in [0.29, 0.717) is 5.92 Å². The lowest BCUT2D eigenvalue weighted by Gasteiger charge is -2.27. The van der Waals surface area contributed by atoms with Crippen LogP contribution in [0.25, 0.3) is 0 Å². The summed E-state index contributed by atoms with van der Waals surface area (Å²) >= 11 is 5.76. The van der Waals surface area contributed by atoms with E-state index < -0.39 is 5.38 Å². The van der Waals surface area contributed by atoms with Crippen molar-refractivity contribution in [1.82, 2.24) is 0 Å². The first-order valence-corrected chi connectivity index (χ1v) is 3.91. The van der Waals surface area contributed by atoms with E-state index in [1.54, 1.807) is 0 Å². The molecule has 0 saturated heterocycles. The Balaban J connectivity index is 2.31. The van der Waals surface area contributed by atoms with Crippen LogP contribution < -0.4 is 0 Å². The molecule has 0 spiro atoms. The number of carbonyl (C=O) groups excluding carboxylic acids is 1. The minimum atomic E-state index is -0.404. The number of carbonyl (C=O) groups is 1. The summed E-state index contributed by atoms with van der Waals surface area (Å²) in [5.41, 5.74) is 0. The fourth-order valence-electron chi connectivity index (χ4n) is 1.04. The van der Waals surface area contributed by atoms with Gasteiger partial charge in [0.25, 0.3) is 0 Å². The summed E-state index contributed by atoms with van der Waals surface area (Å²) in [6.45, 7) is 0. The van der Waals surface area contributed by atoms with Gasteiger partial charge in [-0.1, -0.05) is 6.42 Å². The molecule has 0 aromatic rings. The fourth-order valence-corrected chi connectivity index (χ4v) is 1.38. The van der Waals surface area contributed by atoms with Crippen molar-refractivity contribution in [3.05, 3.63) is 0 Å². The number of esters is 1. The van der Waals surface area contributed by atoms with E-state index in [-0.39, 0.29) is 5.97 Å². The van der Waals surface area contributed by atoms with Crippen LogP contribution >= 0.6 is 11.6 Å². The maximum absolute atomic E-state index is 10.8. The highest BCUT2D eigenvalue weighted by Gasteiger charge is 2.31. The average molecular weight is 163 g/mol. The highest BCUT2D eigenvalue weighted by atomic mass is 35.5. The van der Waals surface area contributed by atoms with E-state index in [2.05, 4.69) is 4.74 Å². The van der Waals surface area contributed by atoms with Gasteiger partial charge in [-0.05, 0) is 18.8 Å². The predicted octanol–water partition coefficient (Wildman–Crippen LogP) is 1.57. The van der Waals surface area contributed by atoms with Crippen LogP contribution in [0.2, 0.25) is 0 Å². The molecule has 1 saturated carbocycles. The zero-order valence-electron chi connectivity index (χ0n) is 5.97. The second-order valence-electron chi connectivity index (χ2n) is 2.62. The van der Waals surface area contributed by atoms with Gasteiger partial charge in [-0.15, -0.1) is 11.6 Å². The predicted molar refractivity (Wildman–Crippen MR) is 39.0 cm³/mol. The molecule has 0 amide bonds. The minimum absolute atomic E-state index is 0.286. The van der Waals surface area contributed by atoms with Crippen LogP contribution in [0.4, 0.5) is 0 Å². The number of ether oxygens (including phenoxy) is 1. The summed E-state index contributed by atoms with van der Waals surface area (Å²) < 4.78 is 4.50. The first-order valence-electron chi connectivity index (χ1n) is 3.47. The van der Waals surface area contributed by atoms with E-state index in [9.17, 15) is 4.79 Å². The van der Waals surface area contributed by atoms with Gasteiger partial charge in [0, 0.05) is 0 Å². The Hall–Kier alpha value is -0.240. The molecule has 1 unspecified atom stereocenters. The van der Waals surface area contributed by atoms with Crippen molar-refractivity contribution >= 4 is 17.6 Å². The molecule has 0 aromatic heterocycles. The molecular weight excluding hydrogens is 152 g/mol. The molecule has 0 aromatic carbocycles. The summed E-state index contributed by atoms with van der Waals surface area (Å²) in [7, 11) is 1.37. The zero-order valence-corrected chi connectivity index (χ0v) is 6.73. The molecule has 0 N–H and O–H groups in total. The molecule has 0 radical (unpaired) electrons. The van der Waals surface area contributed by atoms with Gasteiger partial charge in [0.05, 0.1) is 7.11 Å². The van der Waals surface area contributed by atoms with Crippen molar-refractivity contribution in [1.29, 1.82) is 0 Å². The fraction of sp³-hybridized carbons (Fsp3) is 0.857. The number of alkyl halides is 1. The highest BCUT2D eigenvalue weighted by molar-refractivity contribution is 6.30. The van der Waals surface area contributed by atoms with Crippen LogP contribution in [0, 0.1) is 5.92 Å². The van der Waals surface area contributed by atoms with Gasteiger partial charge in [0.1, 0.15) is 5.38 Å². The number of hydrogen-bond acceptors (Lipinski definition) is 2. The Bertz CT molecular complexity index is 132.